The number of aliphatic hydroxyl groups excluding tert-OH is 1. The molecule has 3 heterocycles. The Bertz CT molecular complexity index is 1000. The van der Waals surface area contributed by atoms with Crippen LogP contribution in [0.2, 0.25) is 5.02 Å². The third-order valence-electron chi connectivity index (χ3n) is 7.51. The van der Waals surface area contributed by atoms with Crippen molar-refractivity contribution in [1.29, 1.82) is 0 Å². The van der Waals surface area contributed by atoms with Crippen molar-refractivity contribution >= 4 is 46.8 Å². The number of likely N-dealkylation sites (tertiary alicyclic amines) is 1. The van der Waals surface area contributed by atoms with Gasteiger partial charge in [0.1, 0.15) is 6.04 Å². The van der Waals surface area contributed by atoms with Crippen molar-refractivity contribution in [3.8, 4) is 0 Å². The monoisotopic (exact) mass is 492 g/mol. The molecule has 4 rings (SSSR count). The minimum Gasteiger partial charge on any atom is -0.481 e. The average Bonchev–Trinajstić information content (AvgIpc) is 3.34. The van der Waals surface area contributed by atoms with Crippen molar-refractivity contribution in [1.82, 2.24) is 4.90 Å². The second-order valence-corrected chi connectivity index (χ2v) is 11.5. The Balaban J connectivity index is 1.87. The first-order valence-corrected chi connectivity index (χ1v) is 12.4. The highest BCUT2D eigenvalue weighted by molar-refractivity contribution is 8.02. The first kappa shape index (κ1) is 24.1. The van der Waals surface area contributed by atoms with Gasteiger partial charge in [0.2, 0.25) is 5.91 Å². The first-order valence-electron chi connectivity index (χ1n) is 11.2. The largest absolute Gasteiger partial charge is 0.481 e. The number of aliphatic hydroxyl groups is 1. The molecule has 1 aromatic carbocycles. The Morgan fingerprint density at radius 2 is 2.09 bits per heavy atom. The van der Waals surface area contributed by atoms with Crippen LogP contribution in [0.25, 0.3) is 0 Å². The molecule has 3 aliphatic heterocycles. The van der Waals surface area contributed by atoms with E-state index in [9.17, 15) is 24.6 Å². The number of carboxylic acids is 1. The fourth-order valence-electron chi connectivity index (χ4n) is 6.08. The lowest BCUT2D eigenvalue weighted by atomic mass is 9.66. The minimum atomic E-state index is -1.01. The van der Waals surface area contributed by atoms with Gasteiger partial charge in [0.05, 0.1) is 39.9 Å². The number of para-hydroxylation sites is 1. The van der Waals surface area contributed by atoms with Crippen molar-refractivity contribution in [2.45, 2.75) is 54.7 Å². The van der Waals surface area contributed by atoms with E-state index in [1.807, 2.05) is 13.8 Å². The molecule has 0 radical (unpaired) electrons. The van der Waals surface area contributed by atoms with E-state index in [0.29, 0.717) is 30.0 Å². The van der Waals surface area contributed by atoms with Crippen LogP contribution in [0.1, 0.15) is 33.1 Å². The van der Waals surface area contributed by atoms with Gasteiger partial charge in [-0.15, -0.1) is 18.3 Å². The number of hydrogen-bond donors (Lipinski definition) is 2. The van der Waals surface area contributed by atoms with Crippen LogP contribution < -0.4 is 4.90 Å². The van der Waals surface area contributed by atoms with E-state index in [2.05, 4.69) is 6.58 Å². The van der Waals surface area contributed by atoms with E-state index in [1.54, 1.807) is 30.3 Å². The molecule has 0 aliphatic carbocycles. The van der Waals surface area contributed by atoms with Gasteiger partial charge in [-0.05, 0) is 38.3 Å². The van der Waals surface area contributed by atoms with Crippen molar-refractivity contribution in [2.75, 3.05) is 18.1 Å². The summed E-state index contributed by atoms with van der Waals surface area (Å²) in [4.78, 5) is 43.4. The van der Waals surface area contributed by atoms with Crippen LogP contribution in [0.3, 0.4) is 0 Å². The van der Waals surface area contributed by atoms with Crippen LogP contribution in [0.5, 0.6) is 0 Å². The smallest absolute Gasteiger partial charge is 0.308 e. The molecule has 9 heteroatoms. The Morgan fingerprint density at radius 1 is 1.39 bits per heavy atom. The molecule has 3 saturated heterocycles. The van der Waals surface area contributed by atoms with Crippen LogP contribution in [-0.2, 0) is 14.4 Å². The molecule has 1 aromatic rings. The predicted octanol–water partition coefficient (Wildman–Crippen LogP) is 3.20. The summed E-state index contributed by atoms with van der Waals surface area (Å²) in [7, 11) is 0. The SMILES string of the molecule is C=CCN(C(=O)C1N([C@@H](CC)CO)C(=O)[C@@H]2[C@@H](C(=O)O)[C@@]3(C)CCC12S3)c1ccccc1Cl. The zero-order chi connectivity index (χ0) is 24.1. The molecule has 1 spiro atoms. The molecule has 2 bridgehead atoms. The molecule has 0 aromatic heterocycles. The highest BCUT2D eigenvalue weighted by Crippen LogP contribution is 2.71. The van der Waals surface area contributed by atoms with E-state index in [0.717, 1.165) is 0 Å². The number of nitrogens with zero attached hydrogens (tertiary/aromatic N) is 2. The summed E-state index contributed by atoms with van der Waals surface area (Å²) in [6.45, 7) is 7.40. The summed E-state index contributed by atoms with van der Waals surface area (Å²) in [5.41, 5.74) is 0.506. The molecule has 3 aliphatic rings. The fourth-order valence-corrected chi connectivity index (χ4v) is 8.65. The maximum absolute atomic E-state index is 14.3. The van der Waals surface area contributed by atoms with E-state index >= 15 is 0 Å². The van der Waals surface area contributed by atoms with E-state index in [-0.39, 0.29) is 25.0 Å². The van der Waals surface area contributed by atoms with Crippen LogP contribution in [0.15, 0.2) is 36.9 Å². The molecular formula is C24H29ClN2O5S. The van der Waals surface area contributed by atoms with E-state index in [1.165, 1.54) is 21.6 Å². The molecule has 2 unspecified atom stereocenters. The molecule has 7 nitrogen and oxygen atoms in total. The van der Waals surface area contributed by atoms with Gasteiger partial charge in [-0.2, -0.15) is 0 Å². The number of carboxylic acid groups (broad SMARTS) is 1. The topological polar surface area (TPSA) is 98.2 Å². The zero-order valence-corrected chi connectivity index (χ0v) is 20.3. The predicted molar refractivity (Wildman–Crippen MR) is 128 cm³/mol. The third-order valence-corrected chi connectivity index (χ3v) is 9.82. The maximum Gasteiger partial charge on any atom is 0.308 e. The lowest BCUT2D eigenvalue weighted by molar-refractivity contribution is -0.150. The fraction of sp³-hybridized carbons (Fsp3) is 0.542. The highest BCUT2D eigenvalue weighted by Gasteiger charge is 2.78. The number of thioether (sulfide) groups is 1. The summed E-state index contributed by atoms with van der Waals surface area (Å²) in [6, 6.07) is 5.50. The number of carbonyl (C=O) groups excluding carboxylic acids is 2. The molecule has 178 valence electrons. The van der Waals surface area contributed by atoms with Gasteiger partial charge in [0.25, 0.3) is 5.91 Å². The van der Waals surface area contributed by atoms with Gasteiger partial charge >= 0.3 is 5.97 Å². The number of rotatable bonds is 8. The lowest BCUT2D eigenvalue weighted by Gasteiger charge is -2.39. The average molecular weight is 493 g/mol. The van der Waals surface area contributed by atoms with Crippen LogP contribution >= 0.6 is 23.4 Å². The summed E-state index contributed by atoms with van der Waals surface area (Å²) in [5.74, 6) is -3.38. The molecule has 0 saturated carbocycles. The Morgan fingerprint density at radius 3 is 2.67 bits per heavy atom. The van der Waals surface area contributed by atoms with Crippen molar-refractivity contribution in [3.05, 3.63) is 41.9 Å². The van der Waals surface area contributed by atoms with Gasteiger partial charge < -0.3 is 20.0 Å². The number of carbonyl (C=O) groups is 3. The van der Waals surface area contributed by atoms with Crippen molar-refractivity contribution in [3.63, 3.8) is 0 Å². The van der Waals surface area contributed by atoms with Crippen LogP contribution in [-0.4, -0.2) is 67.6 Å². The Hall–Kier alpha value is -2.03. The number of hydrogen-bond acceptors (Lipinski definition) is 5. The second-order valence-electron chi connectivity index (χ2n) is 9.24. The lowest BCUT2D eigenvalue weighted by Crippen LogP contribution is -2.57. The molecule has 3 fully saturated rings. The quantitative estimate of drug-likeness (QED) is 0.541. The number of halogens is 1. The summed E-state index contributed by atoms with van der Waals surface area (Å²) in [6.07, 6.45) is 3.22. The molecule has 2 amide bonds. The highest BCUT2D eigenvalue weighted by atomic mass is 35.5. The van der Waals surface area contributed by atoms with Gasteiger partial charge in [0, 0.05) is 11.3 Å². The number of benzene rings is 1. The standard InChI is InChI=1S/C24H29ClN2O5S/c1-4-12-26(16-9-7-6-8-15(16)25)21(30)19-24-11-10-23(3,33-24)18(22(31)32)17(24)20(29)27(19)14(5-2)13-28/h4,6-9,14,17-19,28H,1,5,10-13H2,2-3H3,(H,31,32)/t14-,17-,18-,19?,23+,24?/m0/s1. The summed E-state index contributed by atoms with van der Waals surface area (Å²) >= 11 is 7.91. The van der Waals surface area contributed by atoms with Crippen LogP contribution in [0, 0.1) is 11.8 Å². The second kappa shape index (κ2) is 8.64. The molecule has 33 heavy (non-hydrogen) atoms. The first-order chi connectivity index (χ1) is 15.7. The minimum absolute atomic E-state index is 0.183. The van der Waals surface area contributed by atoms with Gasteiger partial charge in [-0.3, -0.25) is 14.4 Å². The van der Waals surface area contributed by atoms with Crippen LogP contribution in [0.4, 0.5) is 5.69 Å². The van der Waals surface area contributed by atoms with Gasteiger partial charge in [-0.25, -0.2) is 0 Å². The molecular weight excluding hydrogens is 464 g/mol. The van der Waals surface area contributed by atoms with Gasteiger partial charge in [0.15, 0.2) is 0 Å². The Labute approximate surface area is 202 Å². The summed E-state index contributed by atoms with van der Waals surface area (Å²) < 4.78 is -1.49. The summed E-state index contributed by atoms with van der Waals surface area (Å²) in [5, 5.41) is 20.6. The normalized spacial score (nSPS) is 33.2. The number of amides is 2. The van der Waals surface area contributed by atoms with E-state index in [4.69, 9.17) is 11.6 Å². The zero-order valence-electron chi connectivity index (χ0n) is 18.7. The number of anilines is 1. The molecule has 2 N–H and O–H groups in total. The van der Waals surface area contributed by atoms with Gasteiger partial charge in [-0.1, -0.05) is 36.7 Å². The van der Waals surface area contributed by atoms with Crippen molar-refractivity contribution in [2.24, 2.45) is 11.8 Å². The van der Waals surface area contributed by atoms with Crippen molar-refractivity contribution < 1.29 is 24.6 Å². The maximum atomic E-state index is 14.3. The number of fused-ring (bicyclic) bond motifs is 1. The molecule has 6 atom stereocenters. The third kappa shape index (κ3) is 3.41. The Kier molecular flexibility index (Phi) is 6.31. The van der Waals surface area contributed by atoms with E-state index < -0.39 is 39.4 Å². The number of aliphatic carboxylic acids is 1.